The Morgan fingerprint density at radius 3 is 1.60 bits per heavy atom. The summed E-state index contributed by atoms with van der Waals surface area (Å²) in [6, 6.07) is 20.2. The molecule has 0 radical (unpaired) electrons. The molecule has 0 bridgehead atoms. The van der Waals surface area contributed by atoms with Crippen molar-refractivity contribution in [1.29, 1.82) is 0 Å². The van der Waals surface area contributed by atoms with Crippen LogP contribution in [0.15, 0.2) is 97.1 Å². The van der Waals surface area contributed by atoms with E-state index in [0.29, 0.717) is 40.7 Å². The quantitative estimate of drug-likeness (QED) is 0.292. The number of benzene rings is 3. The molecule has 0 aliphatic carbocycles. The van der Waals surface area contributed by atoms with E-state index >= 15 is 0 Å². The first-order valence-electron chi connectivity index (χ1n) is 10.2. The molecular weight excluding hydrogens is 452 g/mol. The van der Waals surface area contributed by atoms with Gasteiger partial charge in [0.15, 0.2) is 0 Å². The van der Waals surface area contributed by atoms with E-state index in [1.807, 2.05) is 0 Å². The van der Waals surface area contributed by atoms with Crippen molar-refractivity contribution in [2.45, 2.75) is 0 Å². The Hall–Kier alpha value is -5.18. The van der Waals surface area contributed by atoms with Crippen LogP contribution in [-0.4, -0.2) is 29.2 Å². The van der Waals surface area contributed by atoms with Gasteiger partial charge in [-0.1, -0.05) is 6.07 Å². The normalized spacial score (nSPS) is 10.6. The first kappa shape index (κ1) is 24.5. The minimum Gasteiger partial charge on any atom is -0.478 e. The van der Waals surface area contributed by atoms with Gasteiger partial charge in [0.05, 0.1) is 0 Å². The van der Waals surface area contributed by atoms with E-state index < -0.39 is 17.8 Å². The minimum atomic E-state index is -1.21. The van der Waals surface area contributed by atoms with E-state index in [1.54, 1.807) is 72.8 Å². The van der Waals surface area contributed by atoms with Crippen molar-refractivity contribution in [2.75, 3.05) is 10.6 Å². The lowest BCUT2D eigenvalue weighted by atomic mass is 10.2. The number of aldehydes is 1. The summed E-state index contributed by atoms with van der Waals surface area (Å²) in [5.41, 5.74) is 1.03. The van der Waals surface area contributed by atoms with Gasteiger partial charge in [-0.2, -0.15) is 0 Å². The van der Waals surface area contributed by atoms with Crippen LogP contribution >= 0.6 is 0 Å². The molecule has 0 aliphatic heterocycles. The van der Waals surface area contributed by atoms with Gasteiger partial charge in [0, 0.05) is 35.7 Å². The van der Waals surface area contributed by atoms with Crippen molar-refractivity contribution in [3.05, 3.63) is 97.1 Å². The molecule has 9 nitrogen and oxygen atoms in total. The van der Waals surface area contributed by atoms with E-state index in [4.69, 9.17) is 14.6 Å². The smallest absolute Gasteiger partial charge is 0.328 e. The predicted octanol–water partition coefficient (Wildman–Crippen LogP) is 4.54. The number of amides is 2. The average molecular weight is 472 g/mol. The second kappa shape index (κ2) is 12.2. The Labute approximate surface area is 200 Å². The third-order valence-corrected chi connectivity index (χ3v) is 4.22. The Kier molecular flexibility index (Phi) is 8.50. The highest BCUT2D eigenvalue weighted by Crippen LogP contribution is 2.29. The lowest BCUT2D eigenvalue weighted by Crippen LogP contribution is -2.08. The SMILES string of the molecule is O=C/C=C\C(=O)Nc1ccc(Oc2cccc(Oc3ccc(NC(=O)/C=C\C(=O)O)cc3)c2)cc1. The molecule has 35 heavy (non-hydrogen) atoms. The summed E-state index contributed by atoms with van der Waals surface area (Å²) >= 11 is 0. The molecule has 176 valence electrons. The van der Waals surface area contributed by atoms with Gasteiger partial charge in [0.2, 0.25) is 11.8 Å². The highest BCUT2D eigenvalue weighted by Gasteiger charge is 2.04. The van der Waals surface area contributed by atoms with Crippen LogP contribution in [0.4, 0.5) is 11.4 Å². The second-order valence-electron chi connectivity index (χ2n) is 6.87. The molecule has 0 aliphatic rings. The number of carbonyl (C=O) groups is 4. The van der Waals surface area contributed by atoms with Crippen LogP contribution in [0, 0.1) is 0 Å². The Bertz CT molecular complexity index is 1260. The lowest BCUT2D eigenvalue weighted by molar-refractivity contribution is -0.131. The van der Waals surface area contributed by atoms with Gasteiger partial charge in [-0.05, 0) is 66.7 Å². The number of carboxylic acids is 1. The number of anilines is 2. The van der Waals surface area contributed by atoms with Gasteiger partial charge in [0.25, 0.3) is 0 Å². The zero-order chi connectivity index (χ0) is 25.0. The number of aliphatic carboxylic acids is 1. The number of hydrogen-bond acceptors (Lipinski definition) is 6. The number of ether oxygens (including phenoxy) is 2. The topological polar surface area (TPSA) is 131 Å². The zero-order valence-corrected chi connectivity index (χ0v) is 18.2. The van der Waals surface area contributed by atoms with Crippen LogP contribution in [0.5, 0.6) is 23.0 Å². The maximum absolute atomic E-state index is 11.6. The van der Waals surface area contributed by atoms with E-state index in [1.165, 1.54) is 0 Å². The lowest BCUT2D eigenvalue weighted by Gasteiger charge is -2.10. The van der Waals surface area contributed by atoms with Crippen molar-refractivity contribution in [2.24, 2.45) is 0 Å². The first-order chi connectivity index (χ1) is 16.9. The summed E-state index contributed by atoms with van der Waals surface area (Å²) in [4.78, 5) is 44.0. The fourth-order valence-corrected chi connectivity index (χ4v) is 2.73. The molecule has 0 fully saturated rings. The fourth-order valence-electron chi connectivity index (χ4n) is 2.73. The molecule has 3 aromatic carbocycles. The summed E-state index contributed by atoms with van der Waals surface area (Å²) in [5.74, 6) is -0.0692. The van der Waals surface area contributed by atoms with Crippen molar-refractivity contribution in [1.82, 2.24) is 0 Å². The summed E-state index contributed by atoms with van der Waals surface area (Å²) in [6.07, 6.45) is 4.44. The molecule has 0 atom stereocenters. The van der Waals surface area contributed by atoms with Crippen molar-refractivity contribution < 1.29 is 33.8 Å². The van der Waals surface area contributed by atoms with Gasteiger partial charge >= 0.3 is 5.97 Å². The molecule has 3 rings (SSSR count). The molecule has 3 aromatic rings. The predicted molar refractivity (Wildman–Crippen MR) is 129 cm³/mol. The van der Waals surface area contributed by atoms with Gasteiger partial charge < -0.3 is 25.2 Å². The number of hydrogen-bond donors (Lipinski definition) is 3. The molecule has 0 heterocycles. The highest BCUT2D eigenvalue weighted by molar-refractivity contribution is 6.02. The second-order valence-corrected chi connectivity index (χ2v) is 6.87. The maximum Gasteiger partial charge on any atom is 0.328 e. The molecule has 3 N–H and O–H groups in total. The molecule has 0 unspecified atom stereocenters. The van der Waals surface area contributed by atoms with Gasteiger partial charge in [-0.3, -0.25) is 14.4 Å². The van der Waals surface area contributed by atoms with E-state index in [2.05, 4.69) is 10.6 Å². The number of carbonyl (C=O) groups excluding carboxylic acids is 3. The van der Waals surface area contributed by atoms with E-state index in [9.17, 15) is 19.2 Å². The number of carboxylic acid groups (broad SMARTS) is 1. The molecule has 0 aromatic heterocycles. The van der Waals surface area contributed by atoms with Crippen LogP contribution in [0.2, 0.25) is 0 Å². The number of allylic oxidation sites excluding steroid dienone is 1. The zero-order valence-electron chi connectivity index (χ0n) is 18.2. The van der Waals surface area contributed by atoms with Crippen LogP contribution in [-0.2, 0) is 19.2 Å². The molecule has 9 heteroatoms. The summed E-state index contributed by atoms with van der Waals surface area (Å²) in [5, 5.41) is 13.7. The van der Waals surface area contributed by atoms with Gasteiger partial charge in [-0.25, -0.2) is 4.79 Å². The average Bonchev–Trinajstić information content (AvgIpc) is 2.84. The maximum atomic E-state index is 11.6. The number of nitrogens with one attached hydrogen (secondary N) is 2. The van der Waals surface area contributed by atoms with Crippen LogP contribution in [0.25, 0.3) is 0 Å². The van der Waals surface area contributed by atoms with E-state index in [0.717, 1.165) is 24.3 Å². The molecule has 0 spiro atoms. The molecule has 0 saturated heterocycles. The van der Waals surface area contributed by atoms with Crippen LogP contribution in [0.1, 0.15) is 0 Å². The monoisotopic (exact) mass is 472 g/mol. The Morgan fingerprint density at radius 2 is 1.14 bits per heavy atom. The first-order valence-corrected chi connectivity index (χ1v) is 10.2. The van der Waals surface area contributed by atoms with E-state index in [-0.39, 0.29) is 0 Å². The van der Waals surface area contributed by atoms with Crippen LogP contribution in [0.3, 0.4) is 0 Å². The minimum absolute atomic E-state index is 0.416. The third-order valence-electron chi connectivity index (χ3n) is 4.22. The highest BCUT2D eigenvalue weighted by atomic mass is 16.5. The van der Waals surface area contributed by atoms with Gasteiger partial charge in [-0.15, -0.1) is 0 Å². The summed E-state index contributed by atoms with van der Waals surface area (Å²) in [6.45, 7) is 0. The molecule has 0 saturated carbocycles. The van der Waals surface area contributed by atoms with Crippen molar-refractivity contribution in [3.8, 4) is 23.0 Å². The fraction of sp³-hybridized carbons (Fsp3) is 0. The summed E-state index contributed by atoms with van der Waals surface area (Å²) in [7, 11) is 0. The summed E-state index contributed by atoms with van der Waals surface area (Å²) < 4.78 is 11.7. The number of rotatable bonds is 10. The molecular formula is C26H20N2O7. The standard InChI is InChI=1S/C26H20N2O7/c29-16-2-5-24(30)27-18-6-10-20(11-7-18)34-22-3-1-4-23(17-22)35-21-12-8-19(9-13-21)28-25(31)14-15-26(32)33/h1-17H,(H,27,30)(H,28,31)(H,32,33)/b5-2-,15-14-. The third kappa shape index (κ3) is 8.35. The Balaban J connectivity index is 1.58. The van der Waals surface area contributed by atoms with Crippen molar-refractivity contribution >= 4 is 35.4 Å². The largest absolute Gasteiger partial charge is 0.478 e. The van der Waals surface area contributed by atoms with Crippen molar-refractivity contribution in [3.63, 3.8) is 0 Å². The van der Waals surface area contributed by atoms with Crippen LogP contribution < -0.4 is 20.1 Å². The van der Waals surface area contributed by atoms with Gasteiger partial charge in [0.1, 0.15) is 29.3 Å². The molecule has 2 amide bonds. The Morgan fingerprint density at radius 1 is 0.657 bits per heavy atom.